The highest BCUT2D eigenvalue weighted by Gasteiger charge is 2.18. The van der Waals surface area contributed by atoms with Gasteiger partial charge in [-0.3, -0.25) is 4.79 Å². The quantitative estimate of drug-likeness (QED) is 0.910. The zero-order chi connectivity index (χ0) is 14.9. The van der Waals surface area contributed by atoms with Gasteiger partial charge in [-0.05, 0) is 32.4 Å². The number of nitrogens with zero attached hydrogens (tertiary/aromatic N) is 1. The van der Waals surface area contributed by atoms with Gasteiger partial charge in [0.2, 0.25) is 0 Å². The van der Waals surface area contributed by atoms with Crippen molar-refractivity contribution in [3.8, 4) is 0 Å². The van der Waals surface area contributed by atoms with E-state index in [1.807, 2.05) is 6.92 Å². The standard InChI is InChI=1S/C14H14N2O3S/c1-7-5-4-6-10(11(7)14(18)19)16-13(17)12-8(2)15-9(3)20-12/h4-6H,1-3H3,(H,16,17)(H,18,19). The number of carbonyl (C=O) groups excluding carboxylic acids is 1. The monoisotopic (exact) mass is 290 g/mol. The fraction of sp³-hybridized carbons (Fsp3) is 0.214. The van der Waals surface area contributed by atoms with E-state index in [-0.39, 0.29) is 11.5 Å². The maximum Gasteiger partial charge on any atom is 0.338 e. The Morgan fingerprint density at radius 3 is 2.50 bits per heavy atom. The molecule has 0 fully saturated rings. The van der Waals surface area contributed by atoms with Crippen LogP contribution in [0.25, 0.3) is 0 Å². The predicted octanol–water partition coefficient (Wildman–Crippen LogP) is 3.02. The van der Waals surface area contributed by atoms with Crippen molar-refractivity contribution in [2.24, 2.45) is 0 Å². The zero-order valence-electron chi connectivity index (χ0n) is 11.4. The molecule has 0 aliphatic carbocycles. The number of hydrogen-bond acceptors (Lipinski definition) is 4. The molecule has 20 heavy (non-hydrogen) atoms. The molecular weight excluding hydrogens is 276 g/mol. The van der Waals surface area contributed by atoms with Gasteiger partial charge >= 0.3 is 5.97 Å². The van der Waals surface area contributed by atoms with Crippen molar-refractivity contribution in [1.29, 1.82) is 0 Å². The molecule has 0 atom stereocenters. The molecular formula is C14H14N2O3S. The van der Waals surface area contributed by atoms with Crippen LogP contribution in [0.5, 0.6) is 0 Å². The SMILES string of the molecule is Cc1nc(C)c(C(=O)Nc2cccc(C)c2C(=O)O)s1. The van der Waals surface area contributed by atoms with Gasteiger partial charge in [-0.1, -0.05) is 12.1 Å². The van der Waals surface area contributed by atoms with Crippen LogP contribution in [0.4, 0.5) is 5.69 Å². The first-order chi connectivity index (χ1) is 9.40. The minimum atomic E-state index is -1.06. The molecule has 6 heteroatoms. The molecule has 104 valence electrons. The van der Waals surface area contributed by atoms with Crippen LogP contribution in [0.2, 0.25) is 0 Å². The third-order valence-corrected chi connectivity index (χ3v) is 3.92. The summed E-state index contributed by atoms with van der Waals surface area (Å²) in [6.07, 6.45) is 0. The normalized spacial score (nSPS) is 10.3. The number of benzene rings is 1. The maximum atomic E-state index is 12.2. The third kappa shape index (κ3) is 2.70. The number of aromatic nitrogens is 1. The summed E-state index contributed by atoms with van der Waals surface area (Å²) in [4.78, 5) is 28.2. The molecule has 1 heterocycles. The fourth-order valence-corrected chi connectivity index (χ4v) is 2.79. The second kappa shape index (κ2) is 5.42. The number of nitrogens with one attached hydrogen (secondary N) is 1. The Kier molecular flexibility index (Phi) is 3.85. The largest absolute Gasteiger partial charge is 0.478 e. The molecule has 2 aromatic rings. The molecule has 5 nitrogen and oxygen atoms in total. The third-order valence-electron chi connectivity index (χ3n) is 2.84. The second-order valence-corrected chi connectivity index (χ2v) is 5.61. The Morgan fingerprint density at radius 2 is 1.95 bits per heavy atom. The van der Waals surface area contributed by atoms with Crippen molar-refractivity contribution >= 4 is 28.9 Å². The van der Waals surface area contributed by atoms with Gasteiger partial charge in [0.05, 0.1) is 22.0 Å². The lowest BCUT2D eigenvalue weighted by atomic mass is 10.1. The predicted molar refractivity (Wildman–Crippen MR) is 77.7 cm³/mol. The van der Waals surface area contributed by atoms with Gasteiger partial charge in [0.1, 0.15) is 4.88 Å². The lowest BCUT2D eigenvalue weighted by Gasteiger charge is -2.09. The molecule has 1 amide bonds. The van der Waals surface area contributed by atoms with Crippen LogP contribution in [0.3, 0.4) is 0 Å². The topological polar surface area (TPSA) is 79.3 Å². The van der Waals surface area contributed by atoms with Gasteiger partial charge in [-0.15, -0.1) is 11.3 Å². The highest BCUT2D eigenvalue weighted by atomic mass is 32.1. The lowest BCUT2D eigenvalue weighted by Crippen LogP contribution is -2.15. The highest BCUT2D eigenvalue weighted by Crippen LogP contribution is 2.23. The molecule has 1 aromatic heterocycles. The summed E-state index contributed by atoms with van der Waals surface area (Å²) in [7, 11) is 0. The highest BCUT2D eigenvalue weighted by molar-refractivity contribution is 7.13. The summed E-state index contributed by atoms with van der Waals surface area (Å²) in [6.45, 7) is 5.28. The summed E-state index contributed by atoms with van der Waals surface area (Å²) < 4.78 is 0. The molecule has 2 rings (SSSR count). The van der Waals surface area contributed by atoms with Gasteiger partial charge in [-0.2, -0.15) is 0 Å². The molecule has 0 aliphatic rings. The van der Waals surface area contributed by atoms with Crippen molar-refractivity contribution in [2.75, 3.05) is 5.32 Å². The number of thiazole rings is 1. The molecule has 0 unspecified atom stereocenters. The maximum absolute atomic E-state index is 12.2. The number of carbonyl (C=O) groups is 2. The summed E-state index contributed by atoms with van der Waals surface area (Å²) in [6, 6.07) is 4.99. The smallest absolute Gasteiger partial charge is 0.338 e. The first-order valence-corrected chi connectivity index (χ1v) is 6.80. The molecule has 0 aliphatic heterocycles. The Hall–Kier alpha value is -2.21. The minimum Gasteiger partial charge on any atom is -0.478 e. The number of aromatic carboxylic acids is 1. The van der Waals surface area contributed by atoms with Crippen LogP contribution in [-0.2, 0) is 0 Å². The van der Waals surface area contributed by atoms with Gasteiger partial charge in [-0.25, -0.2) is 9.78 Å². The van der Waals surface area contributed by atoms with E-state index >= 15 is 0 Å². The van der Waals surface area contributed by atoms with Crippen LogP contribution < -0.4 is 5.32 Å². The molecule has 0 radical (unpaired) electrons. The van der Waals surface area contributed by atoms with Crippen LogP contribution in [0.1, 0.15) is 36.3 Å². The van der Waals surface area contributed by atoms with Crippen LogP contribution in [0.15, 0.2) is 18.2 Å². The van der Waals surface area contributed by atoms with Gasteiger partial charge in [0.25, 0.3) is 5.91 Å². The van der Waals surface area contributed by atoms with Crippen molar-refractivity contribution in [3.63, 3.8) is 0 Å². The van der Waals surface area contributed by atoms with E-state index in [1.165, 1.54) is 11.3 Å². The van der Waals surface area contributed by atoms with Crippen molar-refractivity contribution in [1.82, 2.24) is 4.98 Å². The summed E-state index contributed by atoms with van der Waals surface area (Å²) in [5.41, 5.74) is 1.66. The van der Waals surface area contributed by atoms with E-state index in [4.69, 9.17) is 0 Å². The molecule has 0 spiro atoms. The summed E-state index contributed by atoms with van der Waals surface area (Å²) >= 11 is 1.29. The van der Waals surface area contributed by atoms with E-state index in [2.05, 4.69) is 10.3 Å². The zero-order valence-corrected chi connectivity index (χ0v) is 12.2. The lowest BCUT2D eigenvalue weighted by molar-refractivity contribution is 0.0697. The van der Waals surface area contributed by atoms with Crippen LogP contribution in [0, 0.1) is 20.8 Å². The van der Waals surface area contributed by atoms with Gasteiger partial charge in [0, 0.05) is 0 Å². The molecule has 0 saturated carbocycles. The van der Waals surface area contributed by atoms with Gasteiger partial charge < -0.3 is 10.4 Å². The average Bonchev–Trinajstić information content (AvgIpc) is 2.68. The van der Waals surface area contributed by atoms with Crippen molar-refractivity contribution in [3.05, 3.63) is 44.9 Å². The van der Waals surface area contributed by atoms with Crippen molar-refractivity contribution < 1.29 is 14.7 Å². The first-order valence-electron chi connectivity index (χ1n) is 5.98. The van der Waals surface area contributed by atoms with E-state index < -0.39 is 5.97 Å². The minimum absolute atomic E-state index is 0.111. The summed E-state index contributed by atoms with van der Waals surface area (Å²) in [5, 5.41) is 12.7. The Balaban J connectivity index is 2.36. The average molecular weight is 290 g/mol. The number of aryl methyl sites for hydroxylation is 3. The first kappa shape index (κ1) is 14.2. The van der Waals surface area contributed by atoms with E-state index in [0.717, 1.165) is 5.01 Å². The van der Waals surface area contributed by atoms with Crippen LogP contribution >= 0.6 is 11.3 Å². The molecule has 0 bridgehead atoms. The Morgan fingerprint density at radius 1 is 1.25 bits per heavy atom. The fourth-order valence-electron chi connectivity index (χ4n) is 1.98. The van der Waals surface area contributed by atoms with Gasteiger partial charge in [0.15, 0.2) is 0 Å². The molecule has 1 aromatic carbocycles. The molecule has 0 saturated heterocycles. The number of anilines is 1. The Labute approximate surface area is 120 Å². The van der Waals surface area contributed by atoms with Crippen LogP contribution in [-0.4, -0.2) is 22.0 Å². The van der Waals surface area contributed by atoms with E-state index in [1.54, 1.807) is 32.0 Å². The second-order valence-electron chi connectivity index (χ2n) is 4.40. The molecule has 2 N–H and O–H groups in total. The van der Waals surface area contributed by atoms with E-state index in [9.17, 15) is 14.7 Å². The summed E-state index contributed by atoms with van der Waals surface area (Å²) in [5.74, 6) is -1.39. The number of carboxylic acids is 1. The number of amides is 1. The number of rotatable bonds is 3. The van der Waals surface area contributed by atoms with Crippen molar-refractivity contribution in [2.45, 2.75) is 20.8 Å². The Bertz CT molecular complexity index is 692. The van der Waals surface area contributed by atoms with E-state index in [0.29, 0.717) is 21.8 Å². The number of hydrogen-bond donors (Lipinski definition) is 2. The number of carboxylic acid groups (broad SMARTS) is 1.